The van der Waals surface area contributed by atoms with Crippen LogP contribution in [0.15, 0.2) is 42.5 Å². The second-order valence-electron chi connectivity index (χ2n) is 17.3. The number of halogens is 1. The zero-order valence-corrected chi connectivity index (χ0v) is 32.9. The van der Waals surface area contributed by atoms with E-state index in [0.717, 1.165) is 101 Å². The van der Waals surface area contributed by atoms with Crippen molar-refractivity contribution in [3.63, 3.8) is 0 Å². The lowest BCUT2D eigenvalue weighted by atomic mass is 9.86. The number of phenols is 1. The molecule has 298 valence electrons. The number of anilines is 3. The lowest BCUT2D eigenvalue weighted by molar-refractivity contribution is 0.0523. The van der Waals surface area contributed by atoms with Crippen LogP contribution in [0, 0.1) is 11.7 Å². The van der Waals surface area contributed by atoms with Gasteiger partial charge in [0.25, 0.3) is 5.91 Å². The average molecular weight is 767 g/mol. The third-order valence-electron chi connectivity index (χ3n) is 13.4. The molecule has 3 N–H and O–H groups in total. The molecule has 3 amide bonds. The van der Waals surface area contributed by atoms with Gasteiger partial charge in [0.2, 0.25) is 0 Å². The van der Waals surface area contributed by atoms with Crippen LogP contribution in [0.1, 0.15) is 62.4 Å². The second-order valence-corrected chi connectivity index (χ2v) is 17.3. The van der Waals surface area contributed by atoms with Crippen LogP contribution >= 0.6 is 0 Å². The highest BCUT2D eigenvalue weighted by atomic mass is 19.1. The maximum atomic E-state index is 14.3. The summed E-state index contributed by atoms with van der Waals surface area (Å²) < 4.78 is 14.2. The van der Waals surface area contributed by atoms with Gasteiger partial charge in [0.05, 0.1) is 16.9 Å². The fraction of sp³-hybridized carbons (Fsp3) is 0.571. The summed E-state index contributed by atoms with van der Waals surface area (Å²) in [4.78, 5) is 41.2. The second kappa shape index (κ2) is 14.7. The molecule has 7 heterocycles. The summed E-state index contributed by atoms with van der Waals surface area (Å²) >= 11 is 0. The quantitative estimate of drug-likeness (QED) is 0.344. The summed E-state index contributed by atoms with van der Waals surface area (Å²) in [6.07, 6.45) is 4.16. The van der Waals surface area contributed by atoms with Gasteiger partial charge in [0.1, 0.15) is 0 Å². The van der Waals surface area contributed by atoms with Gasteiger partial charge in [-0.2, -0.15) is 0 Å². The summed E-state index contributed by atoms with van der Waals surface area (Å²) in [5, 5.41) is 25.9. The van der Waals surface area contributed by atoms with Crippen molar-refractivity contribution in [2.24, 2.45) is 5.92 Å². The van der Waals surface area contributed by atoms with Gasteiger partial charge in [-0.25, -0.2) is 9.18 Å². The number of amides is 3. The van der Waals surface area contributed by atoms with E-state index < -0.39 is 11.6 Å². The van der Waals surface area contributed by atoms with Crippen LogP contribution in [0.5, 0.6) is 5.75 Å². The molecule has 4 saturated heterocycles. The van der Waals surface area contributed by atoms with Crippen LogP contribution in [0.3, 0.4) is 0 Å². The number of phenolic OH excluding ortho intramolecular Hbond substituents is 1. The van der Waals surface area contributed by atoms with Gasteiger partial charge < -0.3 is 40.2 Å². The molecule has 6 aliphatic heterocycles. The number of carbonyl (C=O) groups is 2. The van der Waals surface area contributed by atoms with Crippen molar-refractivity contribution in [1.82, 2.24) is 35.1 Å². The van der Waals surface area contributed by atoms with Gasteiger partial charge in [-0.05, 0) is 94.8 Å². The Kier molecular flexibility index (Phi) is 9.67. The van der Waals surface area contributed by atoms with Gasteiger partial charge in [0, 0.05) is 107 Å². The maximum absolute atomic E-state index is 14.3. The molecule has 0 spiro atoms. The molecular formula is C42H55FN10O3. The van der Waals surface area contributed by atoms with E-state index in [1.54, 1.807) is 12.1 Å². The number of piperazine rings is 2. The van der Waals surface area contributed by atoms with Gasteiger partial charge in [0.15, 0.2) is 17.4 Å². The van der Waals surface area contributed by atoms with Crippen molar-refractivity contribution in [3.05, 3.63) is 59.4 Å². The number of aromatic hydroxyl groups is 1. The number of piperidine rings is 2. The molecule has 0 bridgehead atoms. The van der Waals surface area contributed by atoms with Crippen molar-refractivity contribution in [2.75, 3.05) is 87.1 Å². The standard InChI is InChI=1S/C42H55FN10O3/c1-27-18-29(23-48-12-14-49(15-13-48)31-10-9-30-24-51(40(55)34(30)20-31)32-6-5-11-44-22-32)19-28(2)53(27)41(56)50-16-17-52-37-21-36(33-7-4-8-35(43)38(33)54)46-47-39(37)45-25-42(52,3)26-50/h4,7-10,20-21,27-29,32,44,54H,5-6,11-19,22-26H2,1-3H3,(H,45,47)/t27-,28+,29?,32-,42?/m0/s1. The number of para-hydroxylation sites is 1. The number of urea groups is 1. The Hall–Kier alpha value is -4.69. The minimum Gasteiger partial charge on any atom is -0.504 e. The first-order valence-electron chi connectivity index (χ1n) is 20.6. The summed E-state index contributed by atoms with van der Waals surface area (Å²) in [5.74, 6) is 0.211. The molecule has 5 atom stereocenters. The lowest BCUT2D eigenvalue weighted by Crippen LogP contribution is -2.68. The molecule has 0 saturated carbocycles. The molecule has 14 heteroatoms. The fourth-order valence-electron chi connectivity index (χ4n) is 10.5. The average Bonchev–Trinajstić information content (AvgIpc) is 3.53. The van der Waals surface area contributed by atoms with Crippen LogP contribution in [0.25, 0.3) is 11.3 Å². The Morgan fingerprint density at radius 1 is 1.00 bits per heavy atom. The Labute approximate surface area is 328 Å². The number of benzene rings is 2. The van der Waals surface area contributed by atoms with Crippen molar-refractivity contribution in [1.29, 1.82) is 0 Å². The van der Waals surface area contributed by atoms with Gasteiger partial charge in [-0.15, -0.1) is 10.2 Å². The Morgan fingerprint density at radius 2 is 1.80 bits per heavy atom. The van der Waals surface area contributed by atoms with Gasteiger partial charge in [-0.1, -0.05) is 12.1 Å². The lowest BCUT2D eigenvalue weighted by Gasteiger charge is -2.54. The van der Waals surface area contributed by atoms with Crippen molar-refractivity contribution in [3.8, 4) is 17.0 Å². The molecule has 3 aromatic rings. The van der Waals surface area contributed by atoms with Crippen LogP contribution < -0.4 is 20.4 Å². The SMILES string of the molecule is C[C@@H]1CC(CN2CCN(c3ccc4c(c3)C(=O)N([C@H]3CCCNC3)C4)CC2)C[C@H](C)N1C(=O)N1CCN2c3cc(-c4cccc(F)c4O)nnc3NCC2(C)C1. The molecule has 13 nitrogen and oxygen atoms in total. The number of likely N-dealkylation sites (tertiary alicyclic amines) is 1. The Balaban J connectivity index is 0.785. The van der Waals surface area contributed by atoms with Crippen LogP contribution in [0.4, 0.5) is 26.4 Å². The first kappa shape index (κ1) is 36.9. The van der Waals surface area contributed by atoms with Gasteiger partial charge in [-0.3, -0.25) is 9.69 Å². The Bertz CT molecular complexity index is 1970. The molecule has 56 heavy (non-hydrogen) atoms. The van der Waals surface area contributed by atoms with Crippen molar-refractivity contribution in [2.45, 2.75) is 76.7 Å². The largest absolute Gasteiger partial charge is 0.504 e. The number of hydrogen-bond acceptors (Lipinski definition) is 10. The zero-order chi connectivity index (χ0) is 38.7. The maximum Gasteiger partial charge on any atom is 0.320 e. The van der Waals surface area contributed by atoms with E-state index in [1.165, 1.54) is 6.07 Å². The summed E-state index contributed by atoms with van der Waals surface area (Å²) in [7, 11) is 0. The summed E-state index contributed by atoms with van der Waals surface area (Å²) in [5.41, 5.74) is 4.32. The number of fused-ring (bicyclic) bond motifs is 4. The molecule has 2 unspecified atom stereocenters. The Morgan fingerprint density at radius 3 is 2.57 bits per heavy atom. The summed E-state index contributed by atoms with van der Waals surface area (Å²) in [6.45, 7) is 16.5. The fourth-order valence-corrected chi connectivity index (χ4v) is 10.5. The van der Waals surface area contributed by atoms with E-state index in [1.807, 2.05) is 11.0 Å². The molecule has 9 rings (SSSR count). The minimum atomic E-state index is -0.701. The van der Waals surface area contributed by atoms with Crippen LogP contribution in [-0.2, 0) is 6.54 Å². The van der Waals surface area contributed by atoms with E-state index in [2.05, 4.69) is 84.3 Å². The zero-order valence-electron chi connectivity index (χ0n) is 32.9. The number of nitrogens with one attached hydrogen (secondary N) is 2. The normalized spacial score (nSPS) is 28.1. The predicted molar refractivity (Wildman–Crippen MR) is 215 cm³/mol. The molecule has 1 aromatic heterocycles. The van der Waals surface area contributed by atoms with E-state index >= 15 is 0 Å². The van der Waals surface area contributed by atoms with Crippen LogP contribution in [0.2, 0.25) is 0 Å². The van der Waals surface area contributed by atoms with E-state index in [4.69, 9.17) is 0 Å². The van der Waals surface area contributed by atoms with Gasteiger partial charge >= 0.3 is 6.03 Å². The first-order valence-corrected chi connectivity index (χ1v) is 20.6. The number of rotatable bonds is 5. The third-order valence-corrected chi connectivity index (χ3v) is 13.4. The third kappa shape index (κ3) is 6.67. The van der Waals surface area contributed by atoms with Crippen molar-refractivity contribution < 1.29 is 19.1 Å². The monoisotopic (exact) mass is 766 g/mol. The molecule has 6 aliphatic rings. The smallest absolute Gasteiger partial charge is 0.320 e. The predicted octanol–water partition coefficient (Wildman–Crippen LogP) is 4.43. The highest BCUT2D eigenvalue weighted by Crippen LogP contribution is 2.41. The molecule has 4 fully saturated rings. The first-order chi connectivity index (χ1) is 27.1. The van der Waals surface area contributed by atoms with Crippen molar-refractivity contribution >= 4 is 29.1 Å². The number of hydrogen-bond donors (Lipinski definition) is 3. The topological polar surface area (TPSA) is 124 Å². The van der Waals surface area contributed by atoms with E-state index in [-0.39, 0.29) is 35.6 Å². The minimum absolute atomic E-state index is 0.105. The highest BCUT2D eigenvalue weighted by molar-refractivity contribution is 5.99. The molecule has 2 aromatic carbocycles. The van der Waals surface area contributed by atoms with E-state index in [0.29, 0.717) is 49.2 Å². The number of aromatic nitrogens is 2. The molecule has 0 radical (unpaired) electrons. The van der Waals surface area contributed by atoms with E-state index in [9.17, 15) is 19.1 Å². The highest BCUT2D eigenvalue weighted by Gasteiger charge is 2.46. The number of carbonyl (C=O) groups excluding carboxylic acids is 2. The number of nitrogens with zero attached hydrogens (tertiary/aromatic N) is 8. The molecule has 0 aliphatic carbocycles. The summed E-state index contributed by atoms with van der Waals surface area (Å²) in [6, 6.07) is 13.4. The van der Waals surface area contributed by atoms with Crippen LogP contribution in [-0.4, -0.2) is 142 Å². The molecular weight excluding hydrogens is 712 g/mol.